The second kappa shape index (κ2) is 8.29. The van der Waals surface area contributed by atoms with Crippen LogP contribution in [-0.2, 0) is 9.59 Å². The van der Waals surface area contributed by atoms with Gasteiger partial charge in [-0.05, 0) is 37.6 Å². The third kappa shape index (κ3) is 4.94. The summed E-state index contributed by atoms with van der Waals surface area (Å²) in [6.07, 6.45) is 4.10. The van der Waals surface area contributed by atoms with E-state index < -0.39 is 17.4 Å². The van der Waals surface area contributed by atoms with E-state index in [4.69, 9.17) is 4.42 Å². The van der Waals surface area contributed by atoms with Gasteiger partial charge in [0.1, 0.15) is 5.58 Å². The number of hydrogen-bond acceptors (Lipinski definition) is 4. The molecule has 128 valence electrons. The van der Waals surface area contributed by atoms with Crippen molar-refractivity contribution in [2.45, 2.75) is 45.6 Å². The van der Waals surface area contributed by atoms with Gasteiger partial charge in [0.05, 0.1) is 0 Å². The fourth-order valence-electron chi connectivity index (χ4n) is 2.40. The van der Waals surface area contributed by atoms with Crippen molar-refractivity contribution in [2.24, 2.45) is 0 Å². The predicted molar refractivity (Wildman–Crippen MR) is 92.9 cm³/mol. The van der Waals surface area contributed by atoms with Gasteiger partial charge in [-0.25, -0.2) is 4.79 Å². The van der Waals surface area contributed by atoms with E-state index in [0.29, 0.717) is 16.7 Å². The van der Waals surface area contributed by atoms with Crippen molar-refractivity contribution in [3.63, 3.8) is 0 Å². The van der Waals surface area contributed by atoms with Crippen molar-refractivity contribution in [3.8, 4) is 0 Å². The molecule has 1 atom stereocenters. The Morgan fingerprint density at radius 3 is 2.67 bits per heavy atom. The third-order valence-electron chi connectivity index (χ3n) is 3.70. The lowest BCUT2D eigenvalue weighted by Crippen LogP contribution is -2.40. The molecule has 1 aromatic heterocycles. The van der Waals surface area contributed by atoms with E-state index in [-0.39, 0.29) is 6.04 Å². The van der Waals surface area contributed by atoms with E-state index in [1.165, 1.54) is 6.07 Å². The van der Waals surface area contributed by atoms with Crippen molar-refractivity contribution in [1.82, 2.24) is 5.32 Å². The van der Waals surface area contributed by atoms with E-state index in [1.807, 2.05) is 6.92 Å². The van der Waals surface area contributed by atoms with Crippen LogP contribution in [-0.4, -0.2) is 17.9 Å². The average molecular weight is 330 g/mol. The molecule has 0 saturated carbocycles. The molecular weight excluding hydrogens is 308 g/mol. The number of unbranched alkanes of at least 4 members (excludes halogenated alkanes) is 2. The van der Waals surface area contributed by atoms with Crippen molar-refractivity contribution in [2.75, 3.05) is 5.32 Å². The average Bonchev–Trinajstić information content (AvgIpc) is 2.55. The Balaban J connectivity index is 1.94. The van der Waals surface area contributed by atoms with Gasteiger partial charge in [-0.1, -0.05) is 26.2 Å². The summed E-state index contributed by atoms with van der Waals surface area (Å²) in [4.78, 5) is 35.0. The van der Waals surface area contributed by atoms with E-state index >= 15 is 0 Å². The van der Waals surface area contributed by atoms with Gasteiger partial charge in [-0.15, -0.1) is 0 Å². The lowest BCUT2D eigenvalue weighted by Gasteiger charge is -2.13. The summed E-state index contributed by atoms with van der Waals surface area (Å²) in [6, 6.07) is 7.68. The van der Waals surface area contributed by atoms with Crippen molar-refractivity contribution < 1.29 is 14.0 Å². The molecule has 1 aromatic carbocycles. The van der Waals surface area contributed by atoms with Gasteiger partial charge >= 0.3 is 17.4 Å². The first-order chi connectivity index (χ1) is 11.5. The zero-order valence-electron chi connectivity index (χ0n) is 13.9. The van der Waals surface area contributed by atoms with E-state index in [2.05, 4.69) is 17.6 Å². The molecule has 0 aliphatic carbocycles. The fraction of sp³-hybridized carbons (Fsp3) is 0.389. The Bertz CT molecular complexity index is 782. The number of nitrogens with one attached hydrogen (secondary N) is 2. The molecule has 2 aromatic rings. The SMILES string of the molecule is CCCCC[C@H](C)NC(=O)C(=O)Nc1ccc2oc(=O)ccc2c1. The fourth-order valence-corrected chi connectivity index (χ4v) is 2.40. The standard InChI is InChI=1S/C18H22N2O4/c1-3-4-5-6-12(2)19-17(22)18(23)20-14-8-9-15-13(11-14)7-10-16(21)24-15/h7-12H,3-6H2,1-2H3,(H,19,22)(H,20,23)/t12-/m0/s1. The summed E-state index contributed by atoms with van der Waals surface area (Å²) >= 11 is 0. The van der Waals surface area contributed by atoms with Crippen molar-refractivity contribution >= 4 is 28.5 Å². The molecule has 0 aliphatic rings. The van der Waals surface area contributed by atoms with Gasteiger partial charge in [-0.3, -0.25) is 9.59 Å². The Labute approximate surface area is 140 Å². The highest BCUT2D eigenvalue weighted by atomic mass is 16.4. The maximum Gasteiger partial charge on any atom is 0.336 e. The Morgan fingerprint density at radius 1 is 1.12 bits per heavy atom. The lowest BCUT2D eigenvalue weighted by atomic mass is 10.1. The van der Waals surface area contributed by atoms with Gasteiger partial charge < -0.3 is 15.1 Å². The molecule has 0 aliphatic heterocycles. The summed E-state index contributed by atoms with van der Waals surface area (Å²) in [5, 5.41) is 5.91. The molecule has 2 N–H and O–H groups in total. The van der Waals surface area contributed by atoms with Crippen LogP contribution in [0.2, 0.25) is 0 Å². The highest BCUT2D eigenvalue weighted by Gasteiger charge is 2.16. The van der Waals surface area contributed by atoms with Crippen LogP contribution >= 0.6 is 0 Å². The number of hydrogen-bond donors (Lipinski definition) is 2. The van der Waals surface area contributed by atoms with E-state index in [9.17, 15) is 14.4 Å². The normalized spacial score (nSPS) is 11.9. The molecule has 0 fully saturated rings. The van der Waals surface area contributed by atoms with Crippen LogP contribution in [0.1, 0.15) is 39.5 Å². The van der Waals surface area contributed by atoms with E-state index in [0.717, 1.165) is 25.7 Å². The molecule has 2 amide bonds. The zero-order valence-corrected chi connectivity index (χ0v) is 13.9. The third-order valence-corrected chi connectivity index (χ3v) is 3.70. The first-order valence-corrected chi connectivity index (χ1v) is 8.15. The van der Waals surface area contributed by atoms with Crippen LogP contribution in [0.5, 0.6) is 0 Å². The highest BCUT2D eigenvalue weighted by Crippen LogP contribution is 2.17. The lowest BCUT2D eigenvalue weighted by molar-refractivity contribution is -0.136. The van der Waals surface area contributed by atoms with Gasteiger partial charge in [0, 0.05) is 23.2 Å². The summed E-state index contributed by atoms with van der Waals surface area (Å²) in [5.41, 5.74) is 0.459. The van der Waals surface area contributed by atoms with Gasteiger partial charge in [-0.2, -0.15) is 0 Å². The van der Waals surface area contributed by atoms with Crippen LogP contribution < -0.4 is 16.3 Å². The molecular formula is C18H22N2O4. The van der Waals surface area contributed by atoms with Crippen LogP contribution in [0.25, 0.3) is 11.0 Å². The largest absolute Gasteiger partial charge is 0.423 e. The second-order valence-corrected chi connectivity index (χ2v) is 5.83. The molecule has 0 unspecified atom stereocenters. The number of anilines is 1. The minimum absolute atomic E-state index is 0.0410. The number of carbonyl (C=O) groups is 2. The zero-order chi connectivity index (χ0) is 17.5. The summed E-state index contributed by atoms with van der Waals surface area (Å²) in [7, 11) is 0. The first-order valence-electron chi connectivity index (χ1n) is 8.15. The Morgan fingerprint density at radius 2 is 1.92 bits per heavy atom. The maximum atomic E-state index is 12.0. The number of rotatable bonds is 6. The maximum absolute atomic E-state index is 12.0. The second-order valence-electron chi connectivity index (χ2n) is 5.83. The highest BCUT2D eigenvalue weighted by molar-refractivity contribution is 6.39. The van der Waals surface area contributed by atoms with Gasteiger partial charge in [0.15, 0.2) is 0 Å². The summed E-state index contributed by atoms with van der Waals surface area (Å²) in [6.45, 7) is 4.00. The number of amides is 2. The molecule has 2 rings (SSSR count). The summed E-state index contributed by atoms with van der Waals surface area (Å²) in [5.74, 6) is -1.37. The molecule has 24 heavy (non-hydrogen) atoms. The van der Waals surface area contributed by atoms with Crippen LogP contribution in [0.4, 0.5) is 5.69 Å². The minimum Gasteiger partial charge on any atom is -0.423 e. The first kappa shape index (κ1) is 17.7. The smallest absolute Gasteiger partial charge is 0.336 e. The molecule has 6 heteroatoms. The Kier molecular flexibility index (Phi) is 6.12. The molecule has 6 nitrogen and oxygen atoms in total. The molecule has 0 saturated heterocycles. The molecule has 0 bridgehead atoms. The van der Waals surface area contributed by atoms with Crippen LogP contribution in [0, 0.1) is 0 Å². The van der Waals surface area contributed by atoms with Crippen LogP contribution in [0.15, 0.2) is 39.5 Å². The van der Waals surface area contributed by atoms with Crippen molar-refractivity contribution in [3.05, 3.63) is 40.8 Å². The number of benzene rings is 1. The minimum atomic E-state index is -0.714. The number of fused-ring (bicyclic) bond motifs is 1. The monoisotopic (exact) mass is 330 g/mol. The molecule has 0 spiro atoms. The van der Waals surface area contributed by atoms with E-state index in [1.54, 1.807) is 24.3 Å². The summed E-state index contributed by atoms with van der Waals surface area (Å²) < 4.78 is 5.02. The quantitative estimate of drug-likeness (QED) is 0.484. The van der Waals surface area contributed by atoms with Gasteiger partial charge in [0.2, 0.25) is 0 Å². The number of carbonyl (C=O) groups excluding carboxylic acids is 2. The molecule has 1 heterocycles. The predicted octanol–water partition coefficient (Wildman–Crippen LogP) is 2.82. The van der Waals surface area contributed by atoms with Gasteiger partial charge in [0.25, 0.3) is 0 Å². The van der Waals surface area contributed by atoms with Crippen LogP contribution in [0.3, 0.4) is 0 Å². The Hall–Kier alpha value is -2.63. The van der Waals surface area contributed by atoms with Crippen molar-refractivity contribution in [1.29, 1.82) is 0 Å². The topological polar surface area (TPSA) is 88.4 Å². The molecule has 0 radical (unpaired) electrons.